The molecule has 0 bridgehead atoms. The van der Waals surface area contributed by atoms with Crippen LogP contribution in [-0.2, 0) is 0 Å². The molecule has 6 heteroatoms. The monoisotopic (exact) mass is 344 g/mol. The van der Waals surface area contributed by atoms with Crippen molar-refractivity contribution in [2.75, 3.05) is 14.2 Å². The molecule has 0 aliphatic heterocycles. The Balaban J connectivity index is 2.46. The van der Waals surface area contributed by atoms with E-state index in [2.05, 4.69) is 16.2 Å². The van der Waals surface area contributed by atoms with Crippen LogP contribution in [0, 0.1) is 19.3 Å². The zero-order chi connectivity index (χ0) is 17.9. The van der Waals surface area contributed by atoms with E-state index in [4.69, 9.17) is 15.9 Å². The Morgan fingerprint density at radius 3 is 2.54 bits per heavy atom. The Hall–Kier alpha value is -2.52. The van der Waals surface area contributed by atoms with Crippen molar-refractivity contribution in [3.8, 4) is 35.1 Å². The lowest BCUT2D eigenvalue weighted by Crippen LogP contribution is -2.41. The fourth-order valence-electron chi connectivity index (χ4n) is 2.14. The SMILES string of the molecule is C#CC(C)(C)NC(=O)c1sc(C)nc1-c1ccc(OC)c(OC)c1. The summed E-state index contributed by atoms with van der Waals surface area (Å²) in [6.45, 7) is 5.40. The van der Waals surface area contributed by atoms with E-state index in [-0.39, 0.29) is 5.91 Å². The van der Waals surface area contributed by atoms with Gasteiger partial charge in [0.2, 0.25) is 0 Å². The number of carbonyl (C=O) groups is 1. The van der Waals surface area contributed by atoms with Crippen LogP contribution < -0.4 is 14.8 Å². The molecule has 2 aromatic rings. The van der Waals surface area contributed by atoms with Gasteiger partial charge < -0.3 is 14.8 Å². The maximum atomic E-state index is 12.6. The van der Waals surface area contributed by atoms with Crippen LogP contribution in [0.5, 0.6) is 11.5 Å². The van der Waals surface area contributed by atoms with Crippen molar-refractivity contribution in [3.63, 3.8) is 0 Å². The van der Waals surface area contributed by atoms with Gasteiger partial charge in [-0.1, -0.05) is 5.92 Å². The van der Waals surface area contributed by atoms with Gasteiger partial charge in [0.25, 0.3) is 5.91 Å². The molecule has 0 aliphatic rings. The predicted molar refractivity (Wildman–Crippen MR) is 95.8 cm³/mol. The van der Waals surface area contributed by atoms with Gasteiger partial charge >= 0.3 is 0 Å². The molecule has 24 heavy (non-hydrogen) atoms. The number of hydrogen-bond acceptors (Lipinski definition) is 5. The van der Waals surface area contributed by atoms with E-state index in [1.54, 1.807) is 40.2 Å². The van der Waals surface area contributed by atoms with E-state index >= 15 is 0 Å². The number of thiazole rings is 1. The molecule has 1 amide bonds. The number of carbonyl (C=O) groups excluding carboxylic acids is 1. The lowest BCUT2D eigenvalue weighted by Gasteiger charge is -2.19. The van der Waals surface area contributed by atoms with Crippen molar-refractivity contribution in [3.05, 3.63) is 28.1 Å². The number of aromatic nitrogens is 1. The maximum absolute atomic E-state index is 12.6. The first-order valence-corrected chi connectivity index (χ1v) is 8.13. The number of terminal acetylenes is 1. The van der Waals surface area contributed by atoms with Crippen molar-refractivity contribution in [2.24, 2.45) is 0 Å². The quantitative estimate of drug-likeness (QED) is 0.846. The number of methoxy groups -OCH3 is 2. The molecule has 0 saturated carbocycles. The highest BCUT2D eigenvalue weighted by Crippen LogP contribution is 2.35. The number of ether oxygens (including phenoxy) is 2. The highest BCUT2D eigenvalue weighted by molar-refractivity contribution is 7.14. The van der Waals surface area contributed by atoms with E-state index < -0.39 is 5.54 Å². The molecule has 2 rings (SSSR count). The van der Waals surface area contributed by atoms with Crippen LogP contribution in [-0.4, -0.2) is 30.6 Å². The van der Waals surface area contributed by atoms with Crippen molar-refractivity contribution in [1.29, 1.82) is 0 Å². The molecule has 0 fully saturated rings. The number of benzene rings is 1. The summed E-state index contributed by atoms with van der Waals surface area (Å²) in [5.74, 6) is 3.51. The molecule has 0 unspecified atom stereocenters. The largest absolute Gasteiger partial charge is 0.493 e. The van der Waals surface area contributed by atoms with Gasteiger partial charge in [-0.15, -0.1) is 17.8 Å². The Bertz CT molecular complexity index is 803. The maximum Gasteiger partial charge on any atom is 0.264 e. The van der Waals surface area contributed by atoms with Crippen LogP contribution in [0.1, 0.15) is 28.5 Å². The zero-order valence-electron chi connectivity index (χ0n) is 14.4. The lowest BCUT2D eigenvalue weighted by atomic mass is 10.1. The fourth-order valence-corrected chi connectivity index (χ4v) is 2.97. The molecule has 0 radical (unpaired) electrons. The van der Waals surface area contributed by atoms with E-state index in [9.17, 15) is 4.79 Å². The fraction of sp³-hybridized carbons (Fsp3) is 0.333. The predicted octanol–water partition coefficient (Wildman–Crippen LogP) is 3.28. The second-order valence-corrected chi connectivity index (χ2v) is 6.91. The average Bonchev–Trinajstić information content (AvgIpc) is 2.95. The molecule has 1 heterocycles. The van der Waals surface area contributed by atoms with E-state index in [0.717, 1.165) is 10.6 Å². The Morgan fingerprint density at radius 2 is 1.96 bits per heavy atom. The van der Waals surface area contributed by atoms with Gasteiger partial charge in [-0.25, -0.2) is 4.98 Å². The third-order valence-electron chi connectivity index (χ3n) is 3.38. The third kappa shape index (κ3) is 3.69. The summed E-state index contributed by atoms with van der Waals surface area (Å²) in [5, 5.41) is 3.63. The minimum Gasteiger partial charge on any atom is -0.493 e. The summed E-state index contributed by atoms with van der Waals surface area (Å²) in [4.78, 5) is 17.6. The van der Waals surface area contributed by atoms with Gasteiger partial charge in [-0.2, -0.15) is 0 Å². The first-order chi connectivity index (χ1) is 11.3. The minimum absolute atomic E-state index is 0.242. The van der Waals surface area contributed by atoms with E-state index in [1.807, 2.05) is 13.0 Å². The molecule has 0 spiro atoms. The van der Waals surface area contributed by atoms with Crippen LogP contribution in [0.15, 0.2) is 18.2 Å². The normalized spacial score (nSPS) is 10.8. The molecule has 0 saturated heterocycles. The van der Waals surface area contributed by atoms with Crippen LogP contribution in [0.2, 0.25) is 0 Å². The summed E-state index contributed by atoms with van der Waals surface area (Å²) in [5.41, 5.74) is 0.647. The number of nitrogens with zero attached hydrogens (tertiary/aromatic N) is 1. The van der Waals surface area contributed by atoms with Gasteiger partial charge in [0.15, 0.2) is 11.5 Å². The minimum atomic E-state index is -0.732. The molecular weight excluding hydrogens is 324 g/mol. The molecule has 1 N–H and O–H groups in total. The second kappa shape index (κ2) is 6.93. The number of aryl methyl sites for hydroxylation is 1. The molecule has 0 aliphatic carbocycles. The number of rotatable bonds is 5. The molecule has 1 aromatic carbocycles. The summed E-state index contributed by atoms with van der Waals surface area (Å²) >= 11 is 1.33. The van der Waals surface area contributed by atoms with E-state index in [1.165, 1.54) is 11.3 Å². The van der Waals surface area contributed by atoms with Gasteiger partial charge in [-0.05, 0) is 39.0 Å². The summed E-state index contributed by atoms with van der Waals surface area (Å²) in [6.07, 6.45) is 5.45. The topological polar surface area (TPSA) is 60.5 Å². The molecule has 5 nitrogen and oxygen atoms in total. The van der Waals surface area contributed by atoms with Gasteiger partial charge in [0.1, 0.15) is 4.88 Å². The van der Waals surface area contributed by atoms with Crippen molar-refractivity contribution in [2.45, 2.75) is 26.3 Å². The van der Waals surface area contributed by atoms with Gasteiger partial charge in [0, 0.05) is 5.56 Å². The second-order valence-electron chi connectivity index (χ2n) is 5.70. The molecular formula is C18H20N2O3S. The Kier molecular flexibility index (Phi) is 5.15. The summed E-state index contributed by atoms with van der Waals surface area (Å²) in [7, 11) is 3.14. The molecule has 0 atom stereocenters. The number of amides is 1. The smallest absolute Gasteiger partial charge is 0.264 e. The number of nitrogens with one attached hydrogen (secondary N) is 1. The number of hydrogen-bond donors (Lipinski definition) is 1. The van der Waals surface area contributed by atoms with Gasteiger partial charge in [-0.3, -0.25) is 4.79 Å². The Morgan fingerprint density at radius 1 is 1.29 bits per heavy atom. The Labute approximate surface area is 146 Å². The van der Waals surface area contributed by atoms with E-state index in [0.29, 0.717) is 22.1 Å². The van der Waals surface area contributed by atoms with Crippen LogP contribution >= 0.6 is 11.3 Å². The van der Waals surface area contributed by atoms with Crippen molar-refractivity contribution < 1.29 is 14.3 Å². The van der Waals surface area contributed by atoms with Crippen LogP contribution in [0.25, 0.3) is 11.3 Å². The average molecular weight is 344 g/mol. The molecule has 126 valence electrons. The van der Waals surface area contributed by atoms with Crippen molar-refractivity contribution >= 4 is 17.2 Å². The van der Waals surface area contributed by atoms with Gasteiger partial charge in [0.05, 0.1) is 30.5 Å². The first-order valence-electron chi connectivity index (χ1n) is 7.31. The summed E-state index contributed by atoms with van der Waals surface area (Å²) < 4.78 is 10.6. The van der Waals surface area contributed by atoms with Crippen LogP contribution in [0.4, 0.5) is 0 Å². The third-order valence-corrected chi connectivity index (χ3v) is 4.35. The lowest BCUT2D eigenvalue weighted by molar-refractivity contribution is 0.0934. The standard InChI is InChI=1S/C18H20N2O3S/c1-7-18(3,4)20-17(21)16-15(19-11(2)24-16)12-8-9-13(22-5)14(10-12)23-6/h1,8-10H,2-6H3,(H,20,21). The van der Waals surface area contributed by atoms with Crippen molar-refractivity contribution in [1.82, 2.24) is 10.3 Å². The molecule has 1 aromatic heterocycles. The zero-order valence-corrected chi connectivity index (χ0v) is 15.2. The summed E-state index contributed by atoms with van der Waals surface area (Å²) in [6, 6.07) is 5.44. The first kappa shape index (κ1) is 17.8. The highest BCUT2D eigenvalue weighted by atomic mass is 32.1. The van der Waals surface area contributed by atoms with Crippen LogP contribution in [0.3, 0.4) is 0 Å². The highest BCUT2D eigenvalue weighted by Gasteiger charge is 2.24.